The zero-order valence-electron chi connectivity index (χ0n) is 12.7. The number of nitrogens with one attached hydrogen (secondary N) is 2. The minimum absolute atomic E-state index is 0.0499. The van der Waals surface area contributed by atoms with Gasteiger partial charge in [0.2, 0.25) is 0 Å². The van der Waals surface area contributed by atoms with Crippen LogP contribution in [0.4, 0.5) is 16.2 Å². The second-order valence-corrected chi connectivity index (χ2v) is 4.46. The van der Waals surface area contributed by atoms with Crippen molar-refractivity contribution in [3.05, 3.63) is 56.9 Å². The molecular formula is C15H21N3O4. The SMILES string of the molecule is C/C=C(\C)CNc1c(N)c(=O)c1=O.C=CC(=C)CNC(=O)O. The molecule has 5 N–H and O–H groups in total. The van der Waals surface area contributed by atoms with Crippen molar-refractivity contribution in [3.8, 4) is 0 Å². The Morgan fingerprint density at radius 1 is 1.32 bits per heavy atom. The molecule has 0 saturated heterocycles. The molecule has 0 atom stereocenters. The largest absolute Gasteiger partial charge is 0.465 e. The highest BCUT2D eigenvalue weighted by atomic mass is 16.4. The average Bonchev–Trinajstić information content (AvgIpc) is 2.52. The van der Waals surface area contributed by atoms with Crippen LogP contribution in [0.5, 0.6) is 0 Å². The number of nitrogens with two attached hydrogens (primary N) is 1. The fraction of sp³-hybridized carbons (Fsp3) is 0.267. The van der Waals surface area contributed by atoms with Crippen molar-refractivity contribution in [2.45, 2.75) is 13.8 Å². The lowest BCUT2D eigenvalue weighted by atomic mass is 10.2. The number of carboxylic acid groups (broad SMARTS) is 1. The molecule has 1 aromatic rings. The lowest BCUT2D eigenvalue weighted by Crippen LogP contribution is -2.37. The van der Waals surface area contributed by atoms with Gasteiger partial charge in [0.05, 0.1) is 0 Å². The normalized spacial score (nSPS) is 10.4. The standard InChI is InChI=1S/C9H12N2O2.C6H9NO2/c1-3-5(2)4-11-7-6(10)8(12)9(7)13;1-3-5(2)4-7-6(8)9/h3,11H,4,10H2,1-2H3;3,7H,1-2,4H2,(H,8,9)/b5-3+;. The van der Waals surface area contributed by atoms with E-state index in [1.165, 1.54) is 6.08 Å². The van der Waals surface area contributed by atoms with Gasteiger partial charge in [-0.3, -0.25) is 9.59 Å². The van der Waals surface area contributed by atoms with Gasteiger partial charge in [0.15, 0.2) is 0 Å². The van der Waals surface area contributed by atoms with Gasteiger partial charge in [0, 0.05) is 13.1 Å². The number of carbonyl (C=O) groups is 1. The first-order valence-electron chi connectivity index (χ1n) is 6.46. The first-order valence-corrected chi connectivity index (χ1v) is 6.46. The zero-order chi connectivity index (χ0) is 17.3. The highest BCUT2D eigenvalue weighted by molar-refractivity contribution is 5.71. The summed E-state index contributed by atoms with van der Waals surface area (Å²) < 4.78 is 0. The number of rotatable bonds is 6. The summed E-state index contributed by atoms with van der Waals surface area (Å²) in [6.07, 6.45) is 2.39. The third-order valence-corrected chi connectivity index (χ3v) is 2.74. The summed E-state index contributed by atoms with van der Waals surface area (Å²) in [5.74, 6) is 0. The molecule has 7 nitrogen and oxygen atoms in total. The third-order valence-electron chi connectivity index (χ3n) is 2.74. The molecule has 0 aliphatic carbocycles. The summed E-state index contributed by atoms with van der Waals surface area (Å²) in [5, 5.41) is 13.0. The van der Waals surface area contributed by atoms with Crippen LogP contribution in [0.25, 0.3) is 0 Å². The molecule has 0 aliphatic heterocycles. The molecule has 1 aromatic carbocycles. The van der Waals surface area contributed by atoms with Gasteiger partial charge in [-0.2, -0.15) is 0 Å². The highest BCUT2D eigenvalue weighted by Crippen LogP contribution is 2.09. The van der Waals surface area contributed by atoms with Crippen LogP contribution in [0, 0.1) is 0 Å². The number of anilines is 2. The molecule has 0 spiro atoms. The molecule has 0 bridgehead atoms. The van der Waals surface area contributed by atoms with Gasteiger partial charge in [-0.05, 0) is 19.4 Å². The van der Waals surface area contributed by atoms with Gasteiger partial charge >= 0.3 is 6.09 Å². The molecule has 0 radical (unpaired) electrons. The molecule has 1 amide bonds. The highest BCUT2D eigenvalue weighted by Gasteiger charge is 2.16. The van der Waals surface area contributed by atoms with E-state index in [0.717, 1.165) is 5.57 Å². The summed E-state index contributed by atoms with van der Waals surface area (Å²) in [4.78, 5) is 31.4. The van der Waals surface area contributed by atoms with Crippen molar-refractivity contribution in [2.24, 2.45) is 0 Å². The van der Waals surface area contributed by atoms with Gasteiger partial charge < -0.3 is 21.5 Å². The van der Waals surface area contributed by atoms with E-state index in [9.17, 15) is 14.4 Å². The van der Waals surface area contributed by atoms with E-state index < -0.39 is 17.0 Å². The molecule has 0 saturated carbocycles. The number of amides is 1. The maximum atomic E-state index is 10.9. The van der Waals surface area contributed by atoms with Crippen molar-refractivity contribution in [1.29, 1.82) is 0 Å². The molecule has 0 unspecified atom stereocenters. The molecular weight excluding hydrogens is 286 g/mol. The summed E-state index contributed by atoms with van der Waals surface area (Å²) in [7, 11) is 0. The van der Waals surface area contributed by atoms with Gasteiger partial charge in [0.25, 0.3) is 10.9 Å². The Hall–Kier alpha value is -2.83. The van der Waals surface area contributed by atoms with Crippen molar-refractivity contribution in [1.82, 2.24) is 5.32 Å². The lowest BCUT2D eigenvalue weighted by molar-refractivity contribution is 0.195. The van der Waals surface area contributed by atoms with Crippen LogP contribution in [-0.4, -0.2) is 24.3 Å². The molecule has 0 heterocycles. The van der Waals surface area contributed by atoms with E-state index in [-0.39, 0.29) is 17.9 Å². The quantitative estimate of drug-likeness (QED) is 0.356. The van der Waals surface area contributed by atoms with Crippen LogP contribution in [0.2, 0.25) is 0 Å². The molecule has 0 aromatic heterocycles. The van der Waals surface area contributed by atoms with Crippen LogP contribution >= 0.6 is 0 Å². The number of hydrogen-bond donors (Lipinski definition) is 4. The van der Waals surface area contributed by atoms with E-state index in [4.69, 9.17) is 10.8 Å². The van der Waals surface area contributed by atoms with E-state index in [1.807, 2.05) is 19.9 Å². The minimum Gasteiger partial charge on any atom is -0.465 e. The van der Waals surface area contributed by atoms with Gasteiger partial charge in [0.1, 0.15) is 11.4 Å². The van der Waals surface area contributed by atoms with Crippen molar-refractivity contribution in [3.63, 3.8) is 0 Å². The number of nitrogen functional groups attached to an aromatic ring is 1. The molecule has 0 aliphatic rings. The Balaban J connectivity index is 0.000000433. The van der Waals surface area contributed by atoms with Crippen LogP contribution in [0.1, 0.15) is 13.8 Å². The maximum Gasteiger partial charge on any atom is 0.404 e. The Morgan fingerprint density at radius 2 is 1.91 bits per heavy atom. The van der Waals surface area contributed by atoms with Crippen LogP contribution < -0.4 is 27.2 Å². The van der Waals surface area contributed by atoms with Crippen LogP contribution in [0.15, 0.2) is 46.0 Å². The van der Waals surface area contributed by atoms with Gasteiger partial charge in [-0.25, -0.2) is 4.79 Å². The second-order valence-electron chi connectivity index (χ2n) is 4.46. The summed E-state index contributed by atoms with van der Waals surface area (Å²) in [6, 6.07) is 0. The first-order chi connectivity index (χ1) is 10.2. The summed E-state index contributed by atoms with van der Waals surface area (Å²) in [6.45, 7) is 11.5. The molecule has 1 rings (SSSR count). The van der Waals surface area contributed by atoms with E-state index >= 15 is 0 Å². The summed E-state index contributed by atoms with van der Waals surface area (Å²) >= 11 is 0. The van der Waals surface area contributed by atoms with E-state index in [1.54, 1.807) is 0 Å². The molecule has 0 fully saturated rings. The third kappa shape index (κ3) is 6.08. The Morgan fingerprint density at radius 3 is 2.32 bits per heavy atom. The molecule has 7 heteroatoms. The molecule has 22 heavy (non-hydrogen) atoms. The van der Waals surface area contributed by atoms with E-state index in [0.29, 0.717) is 12.1 Å². The van der Waals surface area contributed by atoms with Crippen LogP contribution in [0.3, 0.4) is 0 Å². The van der Waals surface area contributed by atoms with Crippen LogP contribution in [-0.2, 0) is 0 Å². The second kappa shape index (κ2) is 9.17. The fourth-order valence-corrected chi connectivity index (χ4v) is 1.18. The van der Waals surface area contributed by atoms with Crippen molar-refractivity contribution >= 4 is 17.5 Å². The minimum atomic E-state index is -1.04. The number of allylic oxidation sites excluding steroid dienone is 1. The average molecular weight is 307 g/mol. The first kappa shape index (κ1) is 19.2. The predicted octanol–water partition coefficient (Wildman–Crippen LogP) is 1.24. The maximum absolute atomic E-state index is 10.9. The topological polar surface area (TPSA) is 122 Å². The van der Waals surface area contributed by atoms with Gasteiger partial charge in [-0.1, -0.05) is 30.9 Å². The Bertz CT molecular complexity index is 652. The fourth-order valence-electron chi connectivity index (χ4n) is 1.18. The monoisotopic (exact) mass is 307 g/mol. The Kier molecular flexibility index (Phi) is 7.99. The molecule has 120 valence electrons. The lowest BCUT2D eigenvalue weighted by Gasteiger charge is -2.09. The smallest absolute Gasteiger partial charge is 0.404 e. The van der Waals surface area contributed by atoms with Crippen molar-refractivity contribution in [2.75, 3.05) is 24.1 Å². The predicted molar refractivity (Wildman–Crippen MR) is 89.1 cm³/mol. The van der Waals surface area contributed by atoms with E-state index in [2.05, 4.69) is 23.8 Å². The number of hydrogen-bond acceptors (Lipinski definition) is 5. The van der Waals surface area contributed by atoms with Crippen molar-refractivity contribution < 1.29 is 9.90 Å². The summed E-state index contributed by atoms with van der Waals surface area (Å²) in [5.41, 5.74) is 6.28. The van der Waals surface area contributed by atoms with Gasteiger partial charge in [-0.15, -0.1) is 0 Å². The Labute approximate surface area is 128 Å². The zero-order valence-corrected chi connectivity index (χ0v) is 12.7.